The molecule has 0 radical (unpaired) electrons. The van der Waals surface area contributed by atoms with E-state index in [0.29, 0.717) is 5.56 Å². The monoisotopic (exact) mass is 363 g/mol. The highest BCUT2D eigenvalue weighted by Gasteiger charge is 2.29. The number of aliphatic carboxylic acids is 1. The Labute approximate surface area is 143 Å². The van der Waals surface area contributed by atoms with Crippen LogP contribution in [0.25, 0.3) is 0 Å². The SMILES string of the molecule is COc1cc(CCC(=O)N(C)C(C)C(=O)O)ccc1OCC(F)(F)F. The lowest BCUT2D eigenvalue weighted by Gasteiger charge is -2.21. The molecular weight excluding hydrogens is 343 g/mol. The second-order valence-corrected chi connectivity index (χ2v) is 5.41. The van der Waals surface area contributed by atoms with Crippen LogP contribution in [-0.2, 0) is 16.0 Å². The molecule has 1 aromatic rings. The van der Waals surface area contributed by atoms with Crippen LogP contribution in [0.1, 0.15) is 18.9 Å². The van der Waals surface area contributed by atoms with Gasteiger partial charge >= 0.3 is 12.1 Å². The van der Waals surface area contributed by atoms with E-state index in [2.05, 4.69) is 4.74 Å². The summed E-state index contributed by atoms with van der Waals surface area (Å²) in [6.07, 6.45) is -4.12. The Kier molecular flexibility index (Phi) is 7.08. The highest BCUT2D eigenvalue weighted by Crippen LogP contribution is 2.30. The Balaban J connectivity index is 2.71. The third-order valence-electron chi connectivity index (χ3n) is 3.58. The number of carboxylic acid groups (broad SMARTS) is 1. The molecule has 0 saturated heterocycles. The van der Waals surface area contributed by atoms with Crippen LogP contribution in [-0.4, -0.2) is 54.9 Å². The van der Waals surface area contributed by atoms with Crippen molar-refractivity contribution in [3.05, 3.63) is 23.8 Å². The molecule has 1 amide bonds. The largest absolute Gasteiger partial charge is 0.493 e. The predicted octanol–water partition coefficient (Wildman–Crippen LogP) is 2.50. The quantitative estimate of drug-likeness (QED) is 0.768. The minimum atomic E-state index is -4.46. The highest BCUT2D eigenvalue weighted by molar-refractivity contribution is 5.83. The number of hydrogen-bond donors (Lipinski definition) is 1. The van der Waals surface area contributed by atoms with Crippen LogP contribution in [0, 0.1) is 0 Å². The van der Waals surface area contributed by atoms with Crippen molar-refractivity contribution in [1.29, 1.82) is 0 Å². The van der Waals surface area contributed by atoms with Crippen LogP contribution in [0.5, 0.6) is 11.5 Å². The summed E-state index contributed by atoms with van der Waals surface area (Å²) in [5.41, 5.74) is 0.654. The second kappa shape index (κ2) is 8.59. The lowest BCUT2D eigenvalue weighted by molar-refractivity contribution is -0.153. The molecule has 1 unspecified atom stereocenters. The number of methoxy groups -OCH3 is 1. The first-order chi connectivity index (χ1) is 11.5. The van der Waals surface area contributed by atoms with E-state index in [9.17, 15) is 22.8 Å². The number of likely N-dealkylation sites (N-methyl/N-ethyl adjacent to an activating group) is 1. The first kappa shape index (κ1) is 20.6. The molecule has 1 aromatic carbocycles. The van der Waals surface area contributed by atoms with Crippen LogP contribution in [0.15, 0.2) is 18.2 Å². The van der Waals surface area contributed by atoms with Gasteiger partial charge in [0.15, 0.2) is 18.1 Å². The number of halogens is 3. The van der Waals surface area contributed by atoms with Crippen LogP contribution in [0.4, 0.5) is 13.2 Å². The smallest absolute Gasteiger partial charge is 0.422 e. The normalized spacial score (nSPS) is 12.4. The van der Waals surface area contributed by atoms with E-state index >= 15 is 0 Å². The van der Waals surface area contributed by atoms with Gasteiger partial charge in [-0.1, -0.05) is 6.07 Å². The standard InChI is InChI=1S/C16H20F3NO5/c1-10(15(22)23)20(2)14(21)7-5-11-4-6-12(13(8-11)24-3)25-9-16(17,18)19/h4,6,8,10H,5,7,9H2,1-3H3,(H,22,23). The predicted molar refractivity (Wildman–Crippen MR) is 82.7 cm³/mol. The Hall–Kier alpha value is -2.45. The van der Waals surface area contributed by atoms with Crippen molar-refractivity contribution in [2.45, 2.75) is 32.0 Å². The van der Waals surface area contributed by atoms with E-state index in [1.54, 1.807) is 0 Å². The molecule has 0 aromatic heterocycles. The van der Waals surface area contributed by atoms with Crippen LogP contribution >= 0.6 is 0 Å². The molecule has 1 rings (SSSR count). The molecule has 0 heterocycles. The van der Waals surface area contributed by atoms with Crippen molar-refractivity contribution in [1.82, 2.24) is 4.90 Å². The molecule has 0 bridgehead atoms. The molecule has 1 atom stereocenters. The zero-order valence-corrected chi connectivity index (χ0v) is 14.1. The Morgan fingerprint density at radius 1 is 1.28 bits per heavy atom. The van der Waals surface area contributed by atoms with E-state index < -0.39 is 24.8 Å². The van der Waals surface area contributed by atoms with E-state index in [4.69, 9.17) is 9.84 Å². The zero-order valence-electron chi connectivity index (χ0n) is 14.1. The average molecular weight is 363 g/mol. The summed E-state index contributed by atoms with van der Waals surface area (Å²) in [5.74, 6) is -1.39. The zero-order chi connectivity index (χ0) is 19.2. The summed E-state index contributed by atoms with van der Waals surface area (Å²) in [4.78, 5) is 24.0. The summed E-state index contributed by atoms with van der Waals surface area (Å²) in [7, 11) is 2.70. The number of amides is 1. The maximum Gasteiger partial charge on any atom is 0.422 e. The molecule has 140 valence electrons. The lowest BCUT2D eigenvalue weighted by atomic mass is 10.1. The van der Waals surface area contributed by atoms with Gasteiger partial charge in [-0.3, -0.25) is 4.79 Å². The summed E-state index contributed by atoms with van der Waals surface area (Å²) < 4.78 is 46.3. The van der Waals surface area contributed by atoms with E-state index in [1.807, 2.05) is 0 Å². The molecule has 1 N–H and O–H groups in total. The van der Waals surface area contributed by atoms with Gasteiger partial charge in [-0.2, -0.15) is 13.2 Å². The van der Waals surface area contributed by atoms with Gasteiger partial charge in [-0.25, -0.2) is 4.79 Å². The number of carbonyl (C=O) groups is 2. The summed E-state index contributed by atoms with van der Waals surface area (Å²) >= 11 is 0. The Morgan fingerprint density at radius 2 is 1.92 bits per heavy atom. The van der Waals surface area contributed by atoms with Crippen molar-refractivity contribution in [2.24, 2.45) is 0 Å². The van der Waals surface area contributed by atoms with Gasteiger partial charge in [0.25, 0.3) is 0 Å². The topological polar surface area (TPSA) is 76.1 Å². The minimum absolute atomic E-state index is 0.0495. The maximum atomic E-state index is 12.2. The number of rotatable bonds is 8. The molecule has 0 fully saturated rings. The van der Waals surface area contributed by atoms with Crippen LogP contribution in [0.2, 0.25) is 0 Å². The molecule has 0 aliphatic heterocycles. The number of nitrogens with zero attached hydrogens (tertiary/aromatic N) is 1. The second-order valence-electron chi connectivity index (χ2n) is 5.41. The molecular formula is C16H20F3NO5. The van der Waals surface area contributed by atoms with E-state index in [0.717, 1.165) is 4.90 Å². The molecule has 6 nitrogen and oxygen atoms in total. The van der Waals surface area contributed by atoms with Gasteiger partial charge in [0, 0.05) is 13.5 Å². The van der Waals surface area contributed by atoms with Gasteiger partial charge in [0.1, 0.15) is 6.04 Å². The summed E-state index contributed by atoms with van der Waals surface area (Å²) in [5, 5.41) is 8.89. The molecule has 25 heavy (non-hydrogen) atoms. The van der Waals surface area contributed by atoms with Crippen molar-refractivity contribution in [2.75, 3.05) is 20.8 Å². The fraction of sp³-hybridized carbons (Fsp3) is 0.500. The van der Waals surface area contributed by atoms with Gasteiger partial charge in [-0.05, 0) is 31.0 Å². The fourth-order valence-corrected chi connectivity index (χ4v) is 1.96. The number of benzene rings is 1. The average Bonchev–Trinajstić information content (AvgIpc) is 2.55. The molecule has 0 saturated carbocycles. The maximum absolute atomic E-state index is 12.2. The number of carboxylic acids is 1. The number of aryl methyl sites for hydroxylation is 1. The summed E-state index contributed by atoms with van der Waals surface area (Å²) in [6, 6.07) is 3.41. The van der Waals surface area contributed by atoms with Crippen molar-refractivity contribution >= 4 is 11.9 Å². The molecule has 0 aliphatic rings. The van der Waals surface area contributed by atoms with Crippen molar-refractivity contribution < 1.29 is 37.3 Å². The fourth-order valence-electron chi connectivity index (χ4n) is 1.96. The third kappa shape index (κ3) is 6.52. The number of carbonyl (C=O) groups excluding carboxylic acids is 1. The Bertz CT molecular complexity index is 618. The third-order valence-corrected chi connectivity index (χ3v) is 3.58. The minimum Gasteiger partial charge on any atom is -0.493 e. The summed E-state index contributed by atoms with van der Waals surface area (Å²) in [6.45, 7) is -0.0326. The first-order valence-corrected chi connectivity index (χ1v) is 7.40. The van der Waals surface area contributed by atoms with Gasteiger partial charge in [-0.15, -0.1) is 0 Å². The number of alkyl halides is 3. The van der Waals surface area contributed by atoms with Gasteiger partial charge in [0.2, 0.25) is 5.91 Å². The van der Waals surface area contributed by atoms with Gasteiger partial charge in [0.05, 0.1) is 7.11 Å². The molecule has 0 aliphatic carbocycles. The van der Waals surface area contributed by atoms with Crippen molar-refractivity contribution in [3.63, 3.8) is 0 Å². The van der Waals surface area contributed by atoms with Crippen molar-refractivity contribution in [3.8, 4) is 11.5 Å². The van der Waals surface area contributed by atoms with E-state index in [1.165, 1.54) is 39.3 Å². The first-order valence-electron chi connectivity index (χ1n) is 7.40. The van der Waals surface area contributed by atoms with Crippen LogP contribution < -0.4 is 9.47 Å². The van der Waals surface area contributed by atoms with Gasteiger partial charge < -0.3 is 19.5 Å². The number of hydrogen-bond acceptors (Lipinski definition) is 4. The lowest BCUT2D eigenvalue weighted by Crippen LogP contribution is -2.40. The Morgan fingerprint density at radius 3 is 2.44 bits per heavy atom. The van der Waals surface area contributed by atoms with Crippen LogP contribution in [0.3, 0.4) is 0 Å². The van der Waals surface area contributed by atoms with E-state index in [-0.39, 0.29) is 30.2 Å². The number of ether oxygens (including phenoxy) is 2. The highest BCUT2D eigenvalue weighted by atomic mass is 19.4. The molecule has 0 spiro atoms. The molecule has 9 heteroatoms.